The number of alkyl halides is 3. The van der Waals surface area contributed by atoms with Gasteiger partial charge in [-0.15, -0.1) is 13.2 Å². The van der Waals surface area contributed by atoms with Gasteiger partial charge in [-0.25, -0.2) is 18.4 Å². The van der Waals surface area contributed by atoms with Crippen LogP contribution in [0.4, 0.5) is 22.0 Å². The van der Waals surface area contributed by atoms with Gasteiger partial charge in [-0.2, -0.15) is 0 Å². The van der Waals surface area contributed by atoms with Crippen molar-refractivity contribution in [3.05, 3.63) is 69.8 Å². The third-order valence-corrected chi connectivity index (χ3v) is 3.78. The molecule has 0 aliphatic carbocycles. The van der Waals surface area contributed by atoms with Crippen LogP contribution < -0.4 is 15.7 Å². The molecule has 6 nitrogen and oxygen atoms in total. The van der Waals surface area contributed by atoms with E-state index in [4.69, 9.17) is 0 Å². The largest absolute Gasteiger partial charge is 0.573 e. The number of hydrogen-bond acceptors (Lipinski definition) is 4. The van der Waals surface area contributed by atoms with Gasteiger partial charge >= 0.3 is 6.36 Å². The molecule has 0 atom stereocenters. The van der Waals surface area contributed by atoms with E-state index in [9.17, 15) is 31.5 Å². The Morgan fingerprint density at radius 2 is 1.83 bits per heavy atom. The number of nitrogens with zero attached hydrogens (tertiary/aromatic N) is 2. The molecule has 1 aromatic heterocycles. The normalized spacial score (nSPS) is 11.5. The Bertz CT molecular complexity index is 1140. The van der Waals surface area contributed by atoms with Crippen LogP contribution >= 0.6 is 0 Å². The predicted octanol–water partition coefficient (Wildman–Crippen LogP) is 3.19. The van der Waals surface area contributed by atoms with Crippen LogP contribution in [0.1, 0.15) is 11.4 Å². The number of aryl methyl sites for hydroxylation is 1. The lowest BCUT2D eigenvalue weighted by molar-refractivity contribution is -0.274. The first kappa shape index (κ1) is 20.2. The number of rotatable bonds is 4. The number of amides is 1. The first-order chi connectivity index (χ1) is 13.5. The molecule has 1 N–H and O–H groups in total. The molecule has 3 aromatic rings. The second-order valence-electron chi connectivity index (χ2n) is 5.99. The molecular weight excluding hydrogens is 401 g/mol. The Labute approximate surface area is 159 Å². The summed E-state index contributed by atoms with van der Waals surface area (Å²) in [6.07, 6.45) is -5.43. The van der Waals surface area contributed by atoms with Crippen molar-refractivity contribution in [2.45, 2.75) is 19.7 Å². The zero-order valence-corrected chi connectivity index (χ0v) is 14.7. The zero-order chi connectivity index (χ0) is 21.3. The van der Waals surface area contributed by atoms with Crippen molar-refractivity contribution in [3.8, 4) is 5.75 Å². The molecule has 3 rings (SSSR count). The van der Waals surface area contributed by atoms with Crippen molar-refractivity contribution in [1.29, 1.82) is 0 Å². The molecule has 0 aliphatic rings. The fourth-order valence-corrected chi connectivity index (χ4v) is 2.69. The average molecular weight is 413 g/mol. The molecule has 1 amide bonds. The maximum Gasteiger partial charge on any atom is 0.573 e. The Kier molecular flexibility index (Phi) is 5.23. The molecule has 2 aromatic carbocycles. The highest BCUT2D eigenvalue weighted by atomic mass is 19.4. The Balaban J connectivity index is 1.94. The Hall–Kier alpha value is -3.50. The number of nitrogens with one attached hydrogen (secondary N) is 1. The quantitative estimate of drug-likeness (QED) is 0.667. The number of fused-ring (bicyclic) bond motifs is 1. The van der Waals surface area contributed by atoms with Crippen LogP contribution in [-0.4, -0.2) is 21.9 Å². The second-order valence-corrected chi connectivity index (χ2v) is 5.99. The summed E-state index contributed by atoms with van der Waals surface area (Å²) < 4.78 is 68.7. The lowest BCUT2D eigenvalue weighted by atomic mass is 10.1. The maximum atomic E-state index is 13.2. The number of carbonyl (C=O) groups is 1. The summed E-state index contributed by atoms with van der Waals surface area (Å²) in [4.78, 5) is 28.7. The number of benzene rings is 2. The standard InChI is InChI=1S/C18H12F5N3O3/c1-9-24-16-13(3-2-4-14(16)29-18(21,22)23)17(28)26(9)25-15(27)7-10-5-11(19)8-12(20)6-10/h2-6,8H,7H2,1H3,(H,25,27). The monoisotopic (exact) mass is 413 g/mol. The highest BCUT2D eigenvalue weighted by molar-refractivity contribution is 5.87. The van der Waals surface area contributed by atoms with Gasteiger partial charge in [0.25, 0.3) is 5.56 Å². The minimum Gasteiger partial charge on any atom is -0.403 e. The van der Waals surface area contributed by atoms with Crippen molar-refractivity contribution < 1.29 is 31.5 Å². The van der Waals surface area contributed by atoms with Crippen molar-refractivity contribution in [2.24, 2.45) is 0 Å². The van der Waals surface area contributed by atoms with E-state index in [1.54, 1.807) is 0 Å². The van der Waals surface area contributed by atoms with Crippen LogP contribution in [0.2, 0.25) is 0 Å². The van der Waals surface area contributed by atoms with E-state index in [1.165, 1.54) is 19.1 Å². The highest BCUT2D eigenvalue weighted by Gasteiger charge is 2.32. The molecule has 1 heterocycles. The first-order valence-corrected chi connectivity index (χ1v) is 8.06. The molecule has 0 saturated carbocycles. The van der Waals surface area contributed by atoms with Gasteiger partial charge < -0.3 is 4.74 Å². The molecule has 0 aliphatic heterocycles. The zero-order valence-electron chi connectivity index (χ0n) is 14.7. The number of halogens is 5. The van der Waals surface area contributed by atoms with Gasteiger partial charge in [0.2, 0.25) is 5.91 Å². The van der Waals surface area contributed by atoms with Crippen molar-refractivity contribution in [3.63, 3.8) is 0 Å². The molecule has 29 heavy (non-hydrogen) atoms. The summed E-state index contributed by atoms with van der Waals surface area (Å²) in [7, 11) is 0. The topological polar surface area (TPSA) is 73.2 Å². The molecule has 11 heteroatoms. The van der Waals surface area contributed by atoms with Gasteiger partial charge in [0, 0.05) is 6.07 Å². The Morgan fingerprint density at radius 1 is 1.17 bits per heavy atom. The smallest absolute Gasteiger partial charge is 0.403 e. The molecule has 152 valence electrons. The van der Waals surface area contributed by atoms with E-state index < -0.39 is 41.6 Å². The van der Waals surface area contributed by atoms with Gasteiger partial charge in [-0.3, -0.25) is 15.0 Å². The lowest BCUT2D eigenvalue weighted by Gasteiger charge is -2.14. The van der Waals surface area contributed by atoms with Gasteiger partial charge in [0.1, 0.15) is 23.0 Å². The molecule has 0 fully saturated rings. The third kappa shape index (κ3) is 4.68. The van der Waals surface area contributed by atoms with Crippen molar-refractivity contribution in [1.82, 2.24) is 9.66 Å². The van der Waals surface area contributed by atoms with Crippen LogP contribution in [0.25, 0.3) is 10.9 Å². The molecule has 0 unspecified atom stereocenters. The highest BCUT2D eigenvalue weighted by Crippen LogP contribution is 2.28. The summed E-state index contributed by atoms with van der Waals surface area (Å²) in [6, 6.07) is 5.95. The number of ether oxygens (including phenoxy) is 1. The van der Waals surface area contributed by atoms with Crippen LogP contribution in [-0.2, 0) is 11.2 Å². The van der Waals surface area contributed by atoms with E-state index in [-0.39, 0.29) is 22.3 Å². The van der Waals surface area contributed by atoms with Gasteiger partial charge in [0.15, 0.2) is 5.75 Å². The summed E-state index contributed by atoms with van der Waals surface area (Å²) in [5.74, 6) is -3.32. The lowest BCUT2D eigenvalue weighted by Crippen LogP contribution is -2.36. The molecular formula is C18H12F5N3O3. The van der Waals surface area contributed by atoms with E-state index >= 15 is 0 Å². The average Bonchev–Trinajstić information content (AvgIpc) is 2.57. The van der Waals surface area contributed by atoms with Crippen LogP contribution in [0.15, 0.2) is 41.2 Å². The van der Waals surface area contributed by atoms with E-state index in [2.05, 4.69) is 15.1 Å². The predicted molar refractivity (Wildman–Crippen MR) is 91.9 cm³/mol. The first-order valence-electron chi connectivity index (χ1n) is 8.06. The van der Waals surface area contributed by atoms with Gasteiger partial charge in [-0.1, -0.05) is 6.07 Å². The summed E-state index contributed by atoms with van der Waals surface area (Å²) in [5.41, 5.74) is 1.07. The molecule has 0 saturated heterocycles. The SMILES string of the molecule is Cc1nc2c(OC(F)(F)F)cccc2c(=O)n1NC(=O)Cc1cc(F)cc(F)c1. The van der Waals surface area contributed by atoms with E-state index in [0.717, 1.165) is 22.9 Å². The maximum absolute atomic E-state index is 13.2. The molecule has 0 spiro atoms. The molecule has 0 bridgehead atoms. The molecule has 0 radical (unpaired) electrons. The van der Waals surface area contributed by atoms with Crippen LogP contribution in [0.5, 0.6) is 5.75 Å². The number of hydrogen-bond donors (Lipinski definition) is 1. The fourth-order valence-electron chi connectivity index (χ4n) is 2.69. The minimum absolute atomic E-state index is 0.0281. The summed E-state index contributed by atoms with van der Waals surface area (Å²) in [5, 5.41) is -0.227. The van der Waals surface area contributed by atoms with Gasteiger partial charge in [-0.05, 0) is 36.8 Å². The van der Waals surface area contributed by atoms with Crippen LogP contribution in [0, 0.1) is 18.6 Å². The summed E-state index contributed by atoms with van der Waals surface area (Å²) >= 11 is 0. The second kappa shape index (κ2) is 7.49. The van der Waals surface area contributed by atoms with E-state index in [0.29, 0.717) is 6.07 Å². The van der Waals surface area contributed by atoms with Crippen molar-refractivity contribution >= 4 is 16.8 Å². The third-order valence-electron chi connectivity index (χ3n) is 3.78. The fraction of sp³-hybridized carbons (Fsp3) is 0.167. The van der Waals surface area contributed by atoms with Gasteiger partial charge in [0.05, 0.1) is 11.8 Å². The minimum atomic E-state index is -4.98. The number of carbonyl (C=O) groups excluding carboxylic acids is 1. The number of aromatic nitrogens is 2. The van der Waals surface area contributed by atoms with Crippen LogP contribution in [0.3, 0.4) is 0 Å². The van der Waals surface area contributed by atoms with Crippen molar-refractivity contribution in [2.75, 3.05) is 5.43 Å². The van der Waals surface area contributed by atoms with E-state index in [1.807, 2.05) is 0 Å². The Morgan fingerprint density at radius 3 is 2.45 bits per heavy atom. The summed E-state index contributed by atoms with van der Waals surface area (Å²) in [6.45, 7) is 1.29. The number of para-hydroxylation sites is 1.